The van der Waals surface area contributed by atoms with Gasteiger partial charge in [-0.15, -0.1) is 0 Å². The van der Waals surface area contributed by atoms with Gasteiger partial charge in [-0.1, -0.05) is 0 Å². The third-order valence-electron chi connectivity index (χ3n) is 3.85. The van der Waals surface area contributed by atoms with Crippen molar-refractivity contribution in [1.29, 1.82) is 0 Å². The molecule has 0 bridgehead atoms. The number of nitrogens with zero attached hydrogens (tertiary/aromatic N) is 1. The van der Waals surface area contributed by atoms with Crippen molar-refractivity contribution in [3.8, 4) is 0 Å². The Kier molecular flexibility index (Phi) is 7.13. The van der Waals surface area contributed by atoms with Crippen LogP contribution in [0.3, 0.4) is 0 Å². The second-order valence-electron chi connectivity index (χ2n) is 5.63. The zero-order chi connectivity index (χ0) is 17.5. The van der Waals surface area contributed by atoms with Gasteiger partial charge in [0.15, 0.2) is 6.29 Å². The Labute approximate surface area is 138 Å². The van der Waals surface area contributed by atoms with Crippen molar-refractivity contribution >= 4 is 0 Å². The van der Waals surface area contributed by atoms with Gasteiger partial charge in [0.1, 0.15) is 18.4 Å². The Bertz CT molecular complexity index is 608. The van der Waals surface area contributed by atoms with Crippen LogP contribution in [0.15, 0.2) is 21.9 Å². The quantitative estimate of drug-likeness (QED) is 0.572. The van der Waals surface area contributed by atoms with E-state index in [0.29, 0.717) is 13.0 Å². The number of nitrogens with one attached hydrogen (secondary N) is 1. The molecule has 136 valence electrons. The topological polar surface area (TPSA) is 123 Å². The van der Waals surface area contributed by atoms with Gasteiger partial charge >= 0.3 is 5.69 Å². The molecule has 2 heterocycles. The van der Waals surface area contributed by atoms with Gasteiger partial charge in [0, 0.05) is 18.9 Å². The normalized spacial score (nSPS) is 22.0. The number of aromatic amines is 1. The molecule has 1 fully saturated rings. The predicted octanol–water partition coefficient (Wildman–Crippen LogP) is -0.663. The molecule has 0 aliphatic carbocycles. The van der Waals surface area contributed by atoms with E-state index in [2.05, 4.69) is 4.98 Å². The minimum absolute atomic E-state index is 0.363. The molecule has 1 saturated heterocycles. The summed E-state index contributed by atoms with van der Waals surface area (Å²) >= 11 is 0. The van der Waals surface area contributed by atoms with E-state index in [0.717, 1.165) is 12.8 Å². The van der Waals surface area contributed by atoms with Crippen molar-refractivity contribution in [3.05, 3.63) is 33.1 Å². The summed E-state index contributed by atoms with van der Waals surface area (Å²) < 4.78 is 18.0. The first kappa shape index (κ1) is 18.8. The molecule has 24 heavy (non-hydrogen) atoms. The van der Waals surface area contributed by atoms with Crippen LogP contribution in [0.5, 0.6) is 0 Å². The number of aliphatic hydroxyl groups excluding tert-OH is 2. The lowest BCUT2D eigenvalue weighted by Gasteiger charge is -2.32. The highest BCUT2D eigenvalue weighted by Crippen LogP contribution is 2.19. The van der Waals surface area contributed by atoms with Crippen molar-refractivity contribution in [2.75, 3.05) is 19.8 Å². The number of aliphatic hydroxyl groups is 2. The number of rotatable bonds is 8. The van der Waals surface area contributed by atoms with E-state index in [-0.39, 0.29) is 6.61 Å². The molecule has 1 aromatic rings. The average Bonchev–Trinajstić information content (AvgIpc) is 2.58. The second-order valence-corrected chi connectivity index (χ2v) is 5.63. The second kappa shape index (κ2) is 9.09. The summed E-state index contributed by atoms with van der Waals surface area (Å²) in [6.07, 6.45) is 1.10. The van der Waals surface area contributed by atoms with Gasteiger partial charge in [-0.2, -0.15) is 0 Å². The lowest BCUT2D eigenvalue weighted by Crippen LogP contribution is -2.43. The monoisotopic (exact) mass is 344 g/mol. The molecule has 2 rings (SSSR count). The third-order valence-corrected chi connectivity index (χ3v) is 3.85. The van der Waals surface area contributed by atoms with E-state index < -0.39 is 42.6 Å². The zero-order valence-corrected chi connectivity index (χ0v) is 13.6. The minimum Gasteiger partial charge on any atom is -0.394 e. The van der Waals surface area contributed by atoms with Crippen LogP contribution in [0.4, 0.5) is 0 Å². The van der Waals surface area contributed by atoms with E-state index in [4.69, 9.17) is 14.2 Å². The van der Waals surface area contributed by atoms with Crippen molar-refractivity contribution in [2.24, 2.45) is 0 Å². The lowest BCUT2D eigenvalue weighted by atomic mass is 10.2. The third kappa shape index (κ3) is 4.99. The molecule has 9 nitrogen and oxygen atoms in total. The van der Waals surface area contributed by atoms with Gasteiger partial charge in [-0.05, 0) is 26.2 Å². The number of ether oxygens (including phenoxy) is 3. The number of hydrogen-bond acceptors (Lipinski definition) is 7. The van der Waals surface area contributed by atoms with E-state index in [1.54, 1.807) is 6.92 Å². The Morgan fingerprint density at radius 3 is 2.67 bits per heavy atom. The van der Waals surface area contributed by atoms with Crippen LogP contribution in [0.25, 0.3) is 0 Å². The smallest absolute Gasteiger partial charge is 0.330 e. The van der Waals surface area contributed by atoms with Gasteiger partial charge < -0.3 is 24.4 Å². The molecule has 0 saturated carbocycles. The molecule has 1 aliphatic rings. The van der Waals surface area contributed by atoms with Gasteiger partial charge in [-0.25, -0.2) is 4.79 Å². The molecule has 0 radical (unpaired) electrons. The maximum absolute atomic E-state index is 11.8. The van der Waals surface area contributed by atoms with Crippen molar-refractivity contribution < 1.29 is 24.4 Å². The van der Waals surface area contributed by atoms with Crippen LogP contribution in [0.2, 0.25) is 0 Å². The summed E-state index contributed by atoms with van der Waals surface area (Å²) in [4.78, 5) is 25.0. The SMILES string of the molecule is CC(OC(CO)C(CO)OC1CCCCO1)n1ccc(=O)[nH]c1=O. The van der Waals surface area contributed by atoms with Crippen LogP contribution in [-0.2, 0) is 14.2 Å². The first-order valence-corrected chi connectivity index (χ1v) is 8.01. The maximum Gasteiger partial charge on any atom is 0.330 e. The summed E-state index contributed by atoms with van der Waals surface area (Å²) in [6, 6.07) is 1.20. The summed E-state index contributed by atoms with van der Waals surface area (Å²) in [5, 5.41) is 19.1. The Morgan fingerprint density at radius 1 is 1.33 bits per heavy atom. The van der Waals surface area contributed by atoms with Crippen LogP contribution >= 0.6 is 0 Å². The summed E-state index contributed by atoms with van der Waals surface area (Å²) in [6.45, 7) is 1.42. The fraction of sp³-hybridized carbons (Fsp3) is 0.733. The number of aromatic nitrogens is 2. The van der Waals surface area contributed by atoms with Gasteiger partial charge in [0.05, 0.1) is 13.2 Å². The highest BCUT2D eigenvalue weighted by atomic mass is 16.7. The summed E-state index contributed by atoms with van der Waals surface area (Å²) in [7, 11) is 0. The van der Waals surface area contributed by atoms with E-state index in [1.807, 2.05) is 0 Å². The standard InChI is InChI=1S/C15H24N2O7/c1-10(17-6-5-13(20)16-15(17)21)23-11(8-18)12(9-19)24-14-4-2-3-7-22-14/h5-6,10-12,14,18-19H,2-4,7-9H2,1H3,(H,16,20,21). The van der Waals surface area contributed by atoms with E-state index in [1.165, 1.54) is 16.8 Å². The highest BCUT2D eigenvalue weighted by Gasteiger charge is 2.28. The lowest BCUT2D eigenvalue weighted by molar-refractivity contribution is -0.232. The number of H-pyrrole nitrogens is 1. The molecule has 4 atom stereocenters. The molecule has 1 aromatic heterocycles. The van der Waals surface area contributed by atoms with Crippen molar-refractivity contribution in [3.63, 3.8) is 0 Å². The first-order valence-electron chi connectivity index (χ1n) is 8.01. The fourth-order valence-electron chi connectivity index (χ4n) is 2.54. The maximum atomic E-state index is 11.8. The fourth-order valence-corrected chi connectivity index (χ4v) is 2.54. The predicted molar refractivity (Wildman–Crippen MR) is 83.5 cm³/mol. The summed E-state index contributed by atoms with van der Waals surface area (Å²) in [5.74, 6) is 0. The van der Waals surface area contributed by atoms with Crippen molar-refractivity contribution in [2.45, 2.75) is 50.9 Å². The first-order chi connectivity index (χ1) is 11.5. The van der Waals surface area contributed by atoms with Gasteiger partial charge in [0.25, 0.3) is 5.56 Å². The largest absolute Gasteiger partial charge is 0.394 e. The molecule has 1 aliphatic heterocycles. The number of hydrogen-bond donors (Lipinski definition) is 3. The van der Waals surface area contributed by atoms with E-state index >= 15 is 0 Å². The molecule has 0 aromatic carbocycles. The van der Waals surface area contributed by atoms with Crippen LogP contribution in [-0.4, -0.2) is 58.1 Å². The molecule has 0 amide bonds. The van der Waals surface area contributed by atoms with Crippen LogP contribution in [0, 0.1) is 0 Å². The van der Waals surface area contributed by atoms with Gasteiger partial charge in [-0.3, -0.25) is 14.3 Å². The Balaban J connectivity index is 2.02. The molecule has 0 spiro atoms. The molecular formula is C15H24N2O7. The van der Waals surface area contributed by atoms with Crippen molar-refractivity contribution in [1.82, 2.24) is 9.55 Å². The molecule has 3 N–H and O–H groups in total. The van der Waals surface area contributed by atoms with Crippen LogP contribution < -0.4 is 11.2 Å². The average molecular weight is 344 g/mol. The van der Waals surface area contributed by atoms with Gasteiger partial charge in [0.2, 0.25) is 0 Å². The molecule has 4 unspecified atom stereocenters. The highest BCUT2D eigenvalue weighted by molar-refractivity contribution is 4.84. The Morgan fingerprint density at radius 2 is 2.08 bits per heavy atom. The van der Waals surface area contributed by atoms with Crippen LogP contribution in [0.1, 0.15) is 32.4 Å². The molecular weight excluding hydrogens is 320 g/mol. The minimum atomic E-state index is -0.852. The zero-order valence-electron chi connectivity index (χ0n) is 13.6. The molecule has 9 heteroatoms. The Hall–Kier alpha value is -1.52. The van der Waals surface area contributed by atoms with E-state index in [9.17, 15) is 19.8 Å². The summed E-state index contributed by atoms with van der Waals surface area (Å²) in [5.41, 5.74) is -1.13.